The van der Waals surface area contributed by atoms with Gasteiger partial charge in [-0.1, -0.05) is 12.1 Å². The Morgan fingerprint density at radius 1 is 1.30 bits per heavy atom. The Hall–Kier alpha value is -2.07. The van der Waals surface area contributed by atoms with Crippen LogP contribution in [0, 0.1) is 14.9 Å². The summed E-state index contributed by atoms with van der Waals surface area (Å²) in [6.45, 7) is 0.219. The van der Waals surface area contributed by atoms with Gasteiger partial charge in [-0.05, 0) is 58.5 Å². The molecule has 2 aromatic carbocycles. The molecule has 100 valence electrons. The molecule has 2 rings (SSSR count). The van der Waals surface area contributed by atoms with E-state index < -0.39 is 5.97 Å². The highest BCUT2D eigenvalue weighted by Crippen LogP contribution is 2.22. The number of rotatable bonds is 4. The van der Waals surface area contributed by atoms with Crippen LogP contribution in [-0.2, 0) is 6.61 Å². The molecule has 0 unspecified atom stereocenters. The van der Waals surface area contributed by atoms with Gasteiger partial charge in [-0.2, -0.15) is 5.26 Å². The number of nitrogens with zero attached hydrogens (tertiary/aromatic N) is 1. The van der Waals surface area contributed by atoms with E-state index in [0.29, 0.717) is 11.3 Å². The monoisotopic (exact) mass is 379 g/mol. The fourth-order valence-electron chi connectivity index (χ4n) is 1.69. The van der Waals surface area contributed by atoms with Crippen molar-refractivity contribution in [3.8, 4) is 11.8 Å². The molecule has 0 aliphatic carbocycles. The molecule has 0 bridgehead atoms. The standard InChI is InChI=1S/C15H10INO3/c16-12-4-5-14(13(7-12)15(18)19)20-9-11-3-1-2-10(6-11)8-17/h1-7H,9H2,(H,18,19). The lowest BCUT2D eigenvalue weighted by Gasteiger charge is -2.09. The van der Waals surface area contributed by atoms with Gasteiger partial charge in [-0.25, -0.2) is 4.79 Å². The molecule has 0 saturated heterocycles. The smallest absolute Gasteiger partial charge is 0.339 e. The second-order valence-electron chi connectivity index (χ2n) is 4.05. The van der Waals surface area contributed by atoms with Crippen LogP contribution < -0.4 is 4.74 Å². The van der Waals surface area contributed by atoms with E-state index in [1.54, 1.807) is 36.4 Å². The zero-order chi connectivity index (χ0) is 14.5. The lowest BCUT2D eigenvalue weighted by Crippen LogP contribution is -2.04. The van der Waals surface area contributed by atoms with Crippen LogP contribution in [0.3, 0.4) is 0 Å². The van der Waals surface area contributed by atoms with Crippen LogP contribution in [0.25, 0.3) is 0 Å². The van der Waals surface area contributed by atoms with E-state index in [-0.39, 0.29) is 12.2 Å². The first-order valence-electron chi connectivity index (χ1n) is 5.75. The van der Waals surface area contributed by atoms with Crippen LogP contribution in [0.15, 0.2) is 42.5 Å². The number of carboxylic acid groups (broad SMARTS) is 1. The highest BCUT2D eigenvalue weighted by atomic mass is 127. The first-order valence-corrected chi connectivity index (χ1v) is 6.82. The molecule has 0 saturated carbocycles. The number of carbonyl (C=O) groups is 1. The maximum absolute atomic E-state index is 11.2. The summed E-state index contributed by atoms with van der Waals surface area (Å²) in [5, 5.41) is 18.0. The lowest BCUT2D eigenvalue weighted by atomic mass is 10.1. The van der Waals surface area contributed by atoms with Crippen LogP contribution in [0.5, 0.6) is 5.75 Å². The number of aromatic carboxylic acids is 1. The van der Waals surface area contributed by atoms with Gasteiger partial charge < -0.3 is 9.84 Å². The van der Waals surface area contributed by atoms with Gasteiger partial charge in [-0.3, -0.25) is 0 Å². The molecular formula is C15H10INO3. The highest BCUT2D eigenvalue weighted by Gasteiger charge is 2.12. The molecule has 1 N–H and O–H groups in total. The third-order valence-corrected chi connectivity index (χ3v) is 3.29. The van der Waals surface area contributed by atoms with Crippen molar-refractivity contribution in [2.45, 2.75) is 6.61 Å². The lowest BCUT2D eigenvalue weighted by molar-refractivity contribution is 0.0691. The van der Waals surface area contributed by atoms with Crippen molar-refractivity contribution in [2.24, 2.45) is 0 Å². The molecule has 4 nitrogen and oxygen atoms in total. The van der Waals surface area contributed by atoms with Crippen molar-refractivity contribution < 1.29 is 14.6 Å². The Kier molecular flexibility index (Phi) is 4.58. The van der Waals surface area contributed by atoms with Gasteiger partial charge in [0, 0.05) is 3.57 Å². The Bertz CT molecular complexity index is 692. The maximum atomic E-state index is 11.2. The van der Waals surface area contributed by atoms with E-state index in [2.05, 4.69) is 6.07 Å². The second-order valence-corrected chi connectivity index (χ2v) is 5.29. The number of carboxylic acids is 1. The summed E-state index contributed by atoms with van der Waals surface area (Å²) in [4.78, 5) is 11.2. The third-order valence-electron chi connectivity index (χ3n) is 2.62. The second kappa shape index (κ2) is 6.39. The molecule has 0 spiro atoms. The normalized spacial score (nSPS) is 9.80. The van der Waals surface area contributed by atoms with Crippen LogP contribution in [0.4, 0.5) is 0 Å². The number of hydrogen-bond acceptors (Lipinski definition) is 3. The van der Waals surface area contributed by atoms with Crippen molar-refractivity contribution in [1.29, 1.82) is 5.26 Å². The van der Waals surface area contributed by atoms with E-state index in [9.17, 15) is 4.79 Å². The SMILES string of the molecule is N#Cc1cccc(COc2ccc(I)cc2C(=O)O)c1. The molecular weight excluding hydrogens is 369 g/mol. The molecule has 2 aromatic rings. The molecule has 0 aromatic heterocycles. The molecule has 0 aliphatic rings. The van der Waals surface area contributed by atoms with Crippen LogP contribution >= 0.6 is 22.6 Å². The molecule has 0 heterocycles. The fourth-order valence-corrected chi connectivity index (χ4v) is 2.18. The quantitative estimate of drug-likeness (QED) is 0.827. The summed E-state index contributed by atoms with van der Waals surface area (Å²) in [6, 6.07) is 14.1. The largest absolute Gasteiger partial charge is 0.488 e. The van der Waals surface area contributed by atoms with Crippen molar-refractivity contribution in [2.75, 3.05) is 0 Å². The molecule has 0 atom stereocenters. The van der Waals surface area contributed by atoms with Crippen LogP contribution in [0.1, 0.15) is 21.5 Å². The minimum absolute atomic E-state index is 0.133. The topological polar surface area (TPSA) is 70.3 Å². The van der Waals surface area contributed by atoms with E-state index in [0.717, 1.165) is 9.13 Å². The Morgan fingerprint density at radius 3 is 2.80 bits per heavy atom. The molecule has 0 aliphatic heterocycles. The van der Waals surface area contributed by atoms with Crippen molar-refractivity contribution in [3.63, 3.8) is 0 Å². The van der Waals surface area contributed by atoms with Crippen molar-refractivity contribution in [1.82, 2.24) is 0 Å². The summed E-state index contributed by atoms with van der Waals surface area (Å²) < 4.78 is 6.38. The Morgan fingerprint density at radius 2 is 2.10 bits per heavy atom. The Balaban J connectivity index is 2.19. The highest BCUT2D eigenvalue weighted by molar-refractivity contribution is 14.1. The first kappa shape index (κ1) is 14.3. The number of ether oxygens (including phenoxy) is 1. The van der Waals surface area contributed by atoms with E-state index in [1.165, 1.54) is 0 Å². The number of hydrogen-bond donors (Lipinski definition) is 1. The minimum atomic E-state index is -1.02. The molecule has 0 amide bonds. The summed E-state index contributed by atoms with van der Waals surface area (Å²) in [5.74, 6) is -0.704. The predicted octanol–water partition coefficient (Wildman–Crippen LogP) is 3.44. The van der Waals surface area contributed by atoms with E-state index >= 15 is 0 Å². The number of nitriles is 1. The van der Waals surface area contributed by atoms with Gasteiger partial charge in [0.1, 0.15) is 17.9 Å². The van der Waals surface area contributed by atoms with E-state index in [1.807, 2.05) is 28.7 Å². The zero-order valence-corrected chi connectivity index (χ0v) is 12.5. The number of benzene rings is 2. The van der Waals surface area contributed by atoms with Gasteiger partial charge in [0.25, 0.3) is 0 Å². The van der Waals surface area contributed by atoms with Crippen LogP contribution in [0.2, 0.25) is 0 Å². The predicted molar refractivity (Wildman–Crippen MR) is 81.6 cm³/mol. The molecule has 0 fully saturated rings. The molecule has 0 radical (unpaired) electrons. The maximum Gasteiger partial charge on any atom is 0.339 e. The summed E-state index contributed by atoms with van der Waals surface area (Å²) >= 11 is 2.05. The van der Waals surface area contributed by atoms with Gasteiger partial charge >= 0.3 is 5.97 Å². The Labute approximate surface area is 129 Å². The van der Waals surface area contributed by atoms with Crippen LogP contribution in [-0.4, -0.2) is 11.1 Å². The average Bonchev–Trinajstić information content (AvgIpc) is 2.46. The van der Waals surface area contributed by atoms with Gasteiger partial charge in [0.05, 0.1) is 11.6 Å². The van der Waals surface area contributed by atoms with Crippen molar-refractivity contribution >= 4 is 28.6 Å². The first-order chi connectivity index (χ1) is 9.60. The number of halogens is 1. The minimum Gasteiger partial charge on any atom is -0.488 e. The van der Waals surface area contributed by atoms with Gasteiger partial charge in [0.15, 0.2) is 0 Å². The van der Waals surface area contributed by atoms with Gasteiger partial charge in [0.2, 0.25) is 0 Å². The van der Waals surface area contributed by atoms with Crippen molar-refractivity contribution in [3.05, 3.63) is 62.7 Å². The summed E-state index contributed by atoms with van der Waals surface area (Å²) in [7, 11) is 0. The fraction of sp³-hybridized carbons (Fsp3) is 0.0667. The zero-order valence-electron chi connectivity index (χ0n) is 10.3. The summed E-state index contributed by atoms with van der Waals surface area (Å²) in [6.07, 6.45) is 0. The third kappa shape index (κ3) is 3.48. The summed E-state index contributed by atoms with van der Waals surface area (Å²) in [5.41, 5.74) is 1.50. The van der Waals surface area contributed by atoms with E-state index in [4.69, 9.17) is 15.1 Å². The van der Waals surface area contributed by atoms with Gasteiger partial charge in [-0.15, -0.1) is 0 Å². The average molecular weight is 379 g/mol. The molecule has 20 heavy (non-hydrogen) atoms. The molecule has 5 heteroatoms.